The number of hydrogen-bond acceptors (Lipinski definition) is 6. The van der Waals surface area contributed by atoms with Gasteiger partial charge < -0.3 is 9.15 Å². The molecule has 3 aromatic rings. The molecule has 0 bridgehead atoms. The Bertz CT molecular complexity index is 1080. The van der Waals surface area contributed by atoms with Crippen LogP contribution in [0.4, 0.5) is 26.3 Å². The Kier molecular flexibility index (Phi) is 7.83. The first-order valence-electron chi connectivity index (χ1n) is 9.26. The van der Waals surface area contributed by atoms with Crippen molar-refractivity contribution in [1.29, 1.82) is 0 Å². The fraction of sp³-hybridized carbons (Fsp3) is 0.316. The second-order valence-electron chi connectivity index (χ2n) is 6.29. The van der Waals surface area contributed by atoms with Crippen LogP contribution in [0.15, 0.2) is 32.9 Å². The van der Waals surface area contributed by atoms with E-state index in [2.05, 4.69) is 15.3 Å². The van der Waals surface area contributed by atoms with E-state index < -0.39 is 47.9 Å². The first kappa shape index (κ1) is 23.7. The predicted octanol–water partition coefficient (Wildman–Crippen LogP) is 5.72. The lowest BCUT2D eigenvalue weighted by Crippen LogP contribution is -2.03. The number of ether oxygens (including phenoxy) is 1. The summed E-state index contributed by atoms with van der Waals surface area (Å²) in [6, 6.07) is 2.80. The smallest absolute Gasteiger partial charge is 0.299 e. The number of unbranched alkanes of at least 4 members (excludes halogenated alkanes) is 1. The van der Waals surface area contributed by atoms with E-state index in [9.17, 15) is 26.3 Å². The van der Waals surface area contributed by atoms with Gasteiger partial charge in [-0.15, -0.1) is 10.2 Å². The summed E-state index contributed by atoms with van der Waals surface area (Å²) in [5.74, 6) is -7.69. The molecule has 6 nitrogen and oxygen atoms in total. The monoisotopic (exact) mass is 478 g/mol. The van der Waals surface area contributed by atoms with Crippen LogP contribution in [0.5, 0.6) is 5.75 Å². The van der Waals surface area contributed by atoms with Crippen molar-refractivity contribution in [3.8, 4) is 5.75 Å². The highest BCUT2D eigenvalue weighted by Crippen LogP contribution is 2.27. The third kappa shape index (κ3) is 5.44. The van der Waals surface area contributed by atoms with E-state index in [0.29, 0.717) is 5.75 Å². The third-order valence-electron chi connectivity index (χ3n) is 3.97. The van der Waals surface area contributed by atoms with Crippen molar-refractivity contribution in [2.75, 3.05) is 5.75 Å². The molecule has 0 spiro atoms. The molecule has 13 heteroatoms. The second kappa shape index (κ2) is 10.6. The molecule has 0 saturated carbocycles. The average Bonchev–Trinajstić information content (AvgIpc) is 3.38. The molecule has 0 N–H and O–H groups in total. The Morgan fingerprint density at radius 1 is 1.16 bits per heavy atom. The van der Waals surface area contributed by atoms with E-state index in [-0.39, 0.29) is 22.7 Å². The fourth-order valence-electron chi connectivity index (χ4n) is 2.40. The van der Waals surface area contributed by atoms with E-state index in [0.717, 1.165) is 23.7 Å². The van der Waals surface area contributed by atoms with E-state index in [1.54, 1.807) is 0 Å². The zero-order valence-electron chi connectivity index (χ0n) is 16.5. The highest BCUT2D eigenvalue weighted by atomic mass is 32.2. The zero-order valence-corrected chi connectivity index (χ0v) is 17.3. The lowest BCUT2D eigenvalue weighted by Gasteiger charge is -2.08. The van der Waals surface area contributed by atoms with Gasteiger partial charge in [-0.05, 0) is 18.6 Å². The second-order valence-corrected chi connectivity index (χ2v) is 7.35. The van der Waals surface area contributed by atoms with Crippen LogP contribution >= 0.6 is 11.8 Å². The van der Waals surface area contributed by atoms with Gasteiger partial charge in [0, 0.05) is 11.8 Å². The van der Waals surface area contributed by atoms with Crippen LogP contribution in [-0.4, -0.2) is 26.8 Å². The van der Waals surface area contributed by atoms with Gasteiger partial charge in [-0.1, -0.05) is 25.1 Å². The van der Waals surface area contributed by atoms with Crippen molar-refractivity contribution in [3.05, 3.63) is 58.8 Å². The third-order valence-corrected chi connectivity index (χ3v) is 4.98. The van der Waals surface area contributed by atoms with Crippen LogP contribution in [0, 0.1) is 23.3 Å². The molecular weight excluding hydrogens is 462 g/mol. The average molecular weight is 478 g/mol. The summed E-state index contributed by atoms with van der Waals surface area (Å²) in [5, 5.41) is 11.3. The number of furan rings is 1. The van der Waals surface area contributed by atoms with Crippen molar-refractivity contribution in [2.24, 2.45) is 5.10 Å². The molecule has 0 saturated heterocycles. The van der Waals surface area contributed by atoms with E-state index in [1.165, 1.54) is 23.9 Å². The van der Waals surface area contributed by atoms with Crippen molar-refractivity contribution >= 4 is 18.0 Å². The lowest BCUT2D eigenvalue weighted by molar-refractivity contribution is 0.135. The van der Waals surface area contributed by atoms with E-state index in [4.69, 9.17) is 9.15 Å². The van der Waals surface area contributed by atoms with Gasteiger partial charge in [0.2, 0.25) is 22.6 Å². The predicted molar refractivity (Wildman–Crippen MR) is 103 cm³/mol. The number of rotatable bonds is 10. The van der Waals surface area contributed by atoms with Gasteiger partial charge in [0.1, 0.15) is 18.1 Å². The summed E-state index contributed by atoms with van der Waals surface area (Å²) in [4.78, 5) is 0. The van der Waals surface area contributed by atoms with Crippen LogP contribution in [0.3, 0.4) is 0 Å². The van der Waals surface area contributed by atoms with Gasteiger partial charge in [-0.25, -0.2) is 17.6 Å². The Morgan fingerprint density at radius 2 is 1.88 bits per heavy atom. The fourth-order valence-corrected chi connectivity index (χ4v) is 3.37. The quantitative estimate of drug-likeness (QED) is 0.123. The molecule has 0 aliphatic heterocycles. The minimum atomic E-state index is -2.91. The maximum Gasteiger partial charge on any atom is 0.299 e. The number of nitrogens with zero attached hydrogens (tertiary/aromatic N) is 4. The molecular formula is C19H16F6N4O2S. The van der Waals surface area contributed by atoms with Gasteiger partial charge >= 0.3 is 0 Å². The number of halogens is 6. The molecule has 32 heavy (non-hydrogen) atoms. The molecule has 2 heterocycles. The van der Waals surface area contributed by atoms with Crippen molar-refractivity contribution in [2.45, 2.75) is 38.0 Å². The minimum Gasteiger partial charge on any atom is -0.479 e. The van der Waals surface area contributed by atoms with Crippen LogP contribution in [0.1, 0.15) is 43.5 Å². The summed E-state index contributed by atoms with van der Waals surface area (Å²) in [6.07, 6.45) is -0.0222. The molecule has 0 aliphatic rings. The van der Waals surface area contributed by atoms with Gasteiger partial charge in [0.15, 0.2) is 17.4 Å². The normalized spacial score (nSPS) is 11.8. The van der Waals surface area contributed by atoms with Crippen LogP contribution in [0.2, 0.25) is 0 Å². The molecule has 3 rings (SSSR count). The lowest BCUT2D eigenvalue weighted by atomic mass is 10.3. The van der Waals surface area contributed by atoms with Crippen LogP contribution in [0.25, 0.3) is 0 Å². The molecule has 0 aliphatic carbocycles. The topological polar surface area (TPSA) is 65.4 Å². The summed E-state index contributed by atoms with van der Waals surface area (Å²) >= 11 is 1.22. The SMILES string of the molecule is CCCCSc1nnc(C(F)F)n1/N=C/c1ccc(COc2c(F)c(F)cc(F)c2F)o1. The van der Waals surface area contributed by atoms with Gasteiger partial charge in [0.05, 0.1) is 6.21 Å². The number of aromatic nitrogens is 3. The minimum absolute atomic E-state index is 0.0327. The van der Waals surface area contributed by atoms with Gasteiger partial charge in [-0.2, -0.15) is 18.6 Å². The largest absolute Gasteiger partial charge is 0.479 e. The Labute approximate surface area is 182 Å². The van der Waals surface area contributed by atoms with Crippen molar-refractivity contribution in [3.63, 3.8) is 0 Å². The molecule has 0 fully saturated rings. The number of hydrogen-bond donors (Lipinski definition) is 0. The standard InChI is InChI=1S/C19H16F6N4O2S/c1-2-3-6-32-19-28-27-18(17(24)25)29(19)26-8-10-4-5-11(31-10)9-30-16-14(22)12(20)7-13(21)15(16)23/h4-5,7-8,17H,2-3,6,9H2,1H3/b26-8+. The maximum absolute atomic E-state index is 13.6. The summed E-state index contributed by atoms with van der Waals surface area (Å²) in [6.45, 7) is 1.43. The van der Waals surface area contributed by atoms with Crippen molar-refractivity contribution < 1.29 is 35.5 Å². The molecule has 0 unspecified atom stereocenters. The van der Waals surface area contributed by atoms with Gasteiger partial charge in [-0.3, -0.25) is 0 Å². The van der Waals surface area contributed by atoms with E-state index >= 15 is 0 Å². The number of alkyl halides is 2. The number of thioether (sulfide) groups is 1. The Morgan fingerprint density at radius 3 is 2.53 bits per heavy atom. The van der Waals surface area contributed by atoms with Crippen molar-refractivity contribution in [1.82, 2.24) is 14.9 Å². The zero-order chi connectivity index (χ0) is 23.3. The highest BCUT2D eigenvalue weighted by Gasteiger charge is 2.22. The summed E-state index contributed by atoms with van der Waals surface area (Å²) < 4.78 is 91.1. The molecule has 1 aromatic carbocycles. The van der Waals surface area contributed by atoms with Gasteiger partial charge in [0.25, 0.3) is 6.43 Å². The highest BCUT2D eigenvalue weighted by molar-refractivity contribution is 7.99. The first-order chi connectivity index (χ1) is 15.3. The van der Waals surface area contributed by atoms with Crippen LogP contribution in [-0.2, 0) is 6.61 Å². The molecule has 172 valence electrons. The van der Waals surface area contributed by atoms with E-state index in [1.807, 2.05) is 6.92 Å². The summed E-state index contributed by atoms with van der Waals surface area (Å²) in [7, 11) is 0. The number of benzene rings is 1. The first-order valence-corrected chi connectivity index (χ1v) is 10.3. The Hall–Kier alpha value is -2.96. The molecule has 0 atom stereocenters. The molecule has 0 radical (unpaired) electrons. The molecule has 0 amide bonds. The Balaban J connectivity index is 1.73. The maximum atomic E-state index is 13.6. The summed E-state index contributed by atoms with van der Waals surface area (Å²) in [5.41, 5.74) is 0. The molecule has 2 aromatic heterocycles. The van der Waals surface area contributed by atoms with Crippen LogP contribution < -0.4 is 4.74 Å².